The maximum atomic E-state index is 12.0. The Kier molecular flexibility index (Phi) is 6.61. The first-order valence-electron chi connectivity index (χ1n) is 9.79. The Hall–Kier alpha value is -1.57. The number of H-pyrrole nitrogens is 1. The van der Waals surface area contributed by atoms with Crippen molar-refractivity contribution in [3.8, 4) is 0 Å². The standard InChI is InChI=1S/C22H29ClN2O3S/c1-22(2,3)17-9-7-16(8-10-17)18(20-12-11-19(23)21(26)24-20)6-4-13-25-14-5-15-29(25,27)28/h6-12,27-28H,4-5,13-15H2,1-3H3,(H,24,26)/b18-6-. The molecule has 1 fully saturated rings. The molecular weight excluding hydrogens is 408 g/mol. The summed E-state index contributed by atoms with van der Waals surface area (Å²) in [6, 6.07) is 11.7. The largest absolute Gasteiger partial charge is 0.321 e. The first-order chi connectivity index (χ1) is 13.6. The Balaban J connectivity index is 1.91. The summed E-state index contributed by atoms with van der Waals surface area (Å²) in [7, 11) is -2.62. The highest BCUT2D eigenvalue weighted by atomic mass is 35.5. The van der Waals surface area contributed by atoms with Gasteiger partial charge < -0.3 is 4.98 Å². The number of pyridine rings is 1. The molecular formula is C22H29ClN2O3S. The van der Waals surface area contributed by atoms with Crippen LogP contribution < -0.4 is 5.56 Å². The van der Waals surface area contributed by atoms with Crippen molar-refractivity contribution in [2.24, 2.45) is 0 Å². The van der Waals surface area contributed by atoms with Crippen LogP contribution in [0.4, 0.5) is 0 Å². The molecule has 2 heterocycles. The predicted octanol–water partition coefficient (Wildman–Crippen LogP) is 5.52. The van der Waals surface area contributed by atoms with Crippen LogP contribution in [0.1, 0.15) is 50.4 Å². The van der Waals surface area contributed by atoms with Crippen LogP contribution in [0.25, 0.3) is 5.57 Å². The van der Waals surface area contributed by atoms with E-state index in [1.807, 2.05) is 6.08 Å². The summed E-state index contributed by atoms with van der Waals surface area (Å²) >= 11 is 5.90. The number of benzene rings is 1. The molecule has 0 saturated carbocycles. The highest BCUT2D eigenvalue weighted by Gasteiger charge is 2.27. The van der Waals surface area contributed by atoms with Gasteiger partial charge in [0.1, 0.15) is 5.02 Å². The lowest BCUT2D eigenvalue weighted by molar-refractivity contribution is 0.382. The van der Waals surface area contributed by atoms with E-state index >= 15 is 0 Å². The fourth-order valence-electron chi connectivity index (χ4n) is 3.47. The van der Waals surface area contributed by atoms with E-state index in [2.05, 4.69) is 50.0 Å². The van der Waals surface area contributed by atoms with E-state index in [1.54, 1.807) is 16.4 Å². The van der Waals surface area contributed by atoms with Gasteiger partial charge in [0.15, 0.2) is 0 Å². The van der Waals surface area contributed by atoms with Crippen LogP contribution in [0.3, 0.4) is 0 Å². The second-order valence-corrected chi connectivity index (χ2v) is 11.0. The molecule has 3 N–H and O–H groups in total. The average molecular weight is 437 g/mol. The summed E-state index contributed by atoms with van der Waals surface area (Å²) in [4.78, 5) is 14.9. The van der Waals surface area contributed by atoms with Crippen molar-refractivity contribution in [1.29, 1.82) is 0 Å². The molecule has 0 atom stereocenters. The van der Waals surface area contributed by atoms with Gasteiger partial charge in [-0.25, -0.2) is 4.31 Å². The van der Waals surface area contributed by atoms with Crippen LogP contribution in [0.5, 0.6) is 0 Å². The molecule has 0 radical (unpaired) electrons. The third kappa shape index (κ3) is 5.32. The molecule has 1 saturated heterocycles. The molecule has 0 bridgehead atoms. The summed E-state index contributed by atoms with van der Waals surface area (Å²) in [5, 5.41) is 0.155. The van der Waals surface area contributed by atoms with Crippen LogP contribution >= 0.6 is 22.4 Å². The zero-order valence-corrected chi connectivity index (χ0v) is 18.7. The molecule has 0 aliphatic carbocycles. The van der Waals surface area contributed by atoms with Crippen molar-refractivity contribution in [1.82, 2.24) is 9.29 Å². The molecule has 1 aliphatic rings. The smallest absolute Gasteiger partial charge is 0.267 e. The highest BCUT2D eigenvalue weighted by Crippen LogP contribution is 2.48. The van der Waals surface area contributed by atoms with Gasteiger partial charge in [0.05, 0.1) is 5.75 Å². The number of nitrogens with one attached hydrogen (secondary N) is 1. The van der Waals surface area contributed by atoms with Crippen molar-refractivity contribution in [3.05, 3.63) is 74.7 Å². The Morgan fingerprint density at radius 2 is 1.90 bits per heavy atom. The molecule has 0 spiro atoms. The van der Waals surface area contributed by atoms with Gasteiger partial charge in [-0.15, -0.1) is 10.8 Å². The number of hydrogen-bond acceptors (Lipinski definition) is 4. The SMILES string of the molecule is CC(C)(C)c1ccc(/C(=C/CCN2CCCS2(O)O)c2ccc(Cl)c(=O)[nH]2)cc1. The molecule has 158 valence electrons. The normalized spacial score (nSPS) is 18.8. The second-order valence-electron chi connectivity index (χ2n) is 8.40. The molecule has 29 heavy (non-hydrogen) atoms. The maximum absolute atomic E-state index is 12.0. The predicted molar refractivity (Wildman–Crippen MR) is 123 cm³/mol. The van der Waals surface area contributed by atoms with Gasteiger partial charge in [0, 0.05) is 24.4 Å². The average Bonchev–Trinajstić information content (AvgIpc) is 2.99. The van der Waals surface area contributed by atoms with Crippen LogP contribution in [-0.2, 0) is 5.41 Å². The zero-order chi connectivity index (χ0) is 21.2. The lowest BCUT2D eigenvalue weighted by Gasteiger charge is -2.36. The van der Waals surface area contributed by atoms with Crippen molar-refractivity contribution in [3.63, 3.8) is 0 Å². The summed E-state index contributed by atoms with van der Waals surface area (Å²) in [6.45, 7) is 7.77. The Morgan fingerprint density at radius 1 is 1.21 bits per heavy atom. The molecule has 5 nitrogen and oxygen atoms in total. The first-order valence-corrected chi connectivity index (χ1v) is 11.8. The summed E-state index contributed by atoms with van der Waals surface area (Å²) in [6.07, 6.45) is 3.48. The summed E-state index contributed by atoms with van der Waals surface area (Å²) < 4.78 is 22.0. The van der Waals surface area contributed by atoms with E-state index in [0.717, 1.165) is 17.6 Å². The number of rotatable bonds is 5. The van der Waals surface area contributed by atoms with E-state index in [4.69, 9.17) is 11.6 Å². The minimum Gasteiger partial charge on any atom is -0.321 e. The molecule has 0 amide bonds. The molecule has 2 aromatic rings. The van der Waals surface area contributed by atoms with E-state index in [1.165, 1.54) is 5.56 Å². The van der Waals surface area contributed by atoms with Gasteiger partial charge in [0.2, 0.25) is 0 Å². The van der Waals surface area contributed by atoms with Gasteiger partial charge in [-0.05, 0) is 41.5 Å². The van der Waals surface area contributed by atoms with Crippen molar-refractivity contribution >= 4 is 27.9 Å². The van der Waals surface area contributed by atoms with E-state index in [-0.39, 0.29) is 16.0 Å². The van der Waals surface area contributed by atoms with E-state index in [0.29, 0.717) is 31.0 Å². The van der Waals surface area contributed by atoms with Crippen molar-refractivity contribution in [2.45, 2.75) is 39.0 Å². The highest BCUT2D eigenvalue weighted by molar-refractivity contribution is 8.22. The maximum Gasteiger partial charge on any atom is 0.267 e. The second kappa shape index (κ2) is 8.66. The first kappa shape index (κ1) is 22.1. The monoisotopic (exact) mass is 436 g/mol. The Labute approximate surface area is 178 Å². The lowest BCUT2D eigenvalue weighted by Crippen LogP contribution is -2.23. The Bertz CT molecular complexity index is 946. The minimum atomic E-state index is -2.62. The van der Waals surface area contributed by atoms with E-state index < -0.39 is 10.8 Å². The molecule has 0 unspecified atom stereocenters. The van der Waals surface area contributed by atoms with Gasteiger partial charge in [-0.2, -0.15) is 0 Å². The van der Waals surface area contributed by atoms with Crippen molar-refractivity contribution < 1.29 is 9.11 Å². The molecule has 1 aromatic heterocycles. The van der Waals surface area contributed by atoms with Crippen LogP contribution in [0.15, 0.2) is 47.3 Å². The molecule has 3 rings (SSSR count). The lowest BCUT2D eigenvalue weighted by atomic mass is 9.86. The van der Waals surface area contributed by atoms with Gasteiger partial charge in [-0.1, -0.05) is 62.7 Å². The summed E-state index contributed by atoms with van der Waals surface area (Å²) in [5.74, 6) is 0.447. The third-order valence-corrected chi connectivity index (χ3v) is 7.51. The number of nitrogens with zero attached hydrogens (tertiary/aromatic N) is 1. The van der Waals surface area contributed by atoms with E-state index in [9.17, 15) is 13.9 Å². The van der Waals surface area contributed by atoms with Gasteiger partial charge in [0.25, 0.3) is 5.56 Å². The fraction of sp³-hybridized carbons (Fsp3) is 0.409. The minimum absolute atomic E-state index is 0.0567. The van der Waals surface area contributed by atoms with Gasteiger partial charge >= 0.3 is 0 Å². The number of hydrogen-bond donors (Lipinski definition) is 3. The zero-order valence-electron chi connectivity index (χ0n) is 17.1. The topological polar surface area (TPSA) is 76.6 Å². The third-order valence-electron chi connectivity index (χ3n) is 5.18. The van der Waals surface area contributed by atoms with Crippen LogP contribution in [0.2, 0.25) is 5.02 Å². The van der Waals surface area contributed by atoms with Crippen molar-refractivity contribution in [2.75, 3.05) is 18.8 Å². The fourth-order valence-corrected chi connectivity index (χ4v) is 5.17. The number of halogens is 1. The van der Waals surface area contributed by atoms with Gasteiger partial charge in [-0.3, -0.25) is 13.9 Å². The van der Waals surface area contributed by atoms with Crippen LogP contribution in [-0.4, -0.2) is 37.2 Å². The number of aromatic nitrogens is 1. The Morgan fingerprint density at radius 3 is 2.45 bits per heavy atom. The molecule has 1 aromatic carbocycles. The molecule has 7 heteroatoms. The summed E-state index contributed by atoms with van der Waals surface area (Å²) in [5.41, 5.74) is 3.54. The molecule has 1 aliphatic heterocycles. The quantitative estimate of drug-likeness (QED) is 0.576. The van der Waals surface area contributed by atoms with Crippen LogP contribution in [0, 0.1) is 0 Å². The number of aromatic amines is 1.